The molecule has 0 amide bonds. The zero-order chi connectivity index (χ0) is 21.2. The quantitative estimate of drug-likeness (QED) is 0.497. The molecule has 0 bridgehead atoms. The molecule has 154 valence electrons. The van der Waals surface area contributed by atoms with Crippen LogP contribution in [-0.2, 0) is 16.6 Å². The molecular formula is C17H14ClF2N3O4S2. The monoisotopic (exact) mass is 461 g/mol. The SMILES string of the molecule is COc1ccc(CN(c2ncns2)S(=O)(=O)c2ccc(F)c(Cl)c2F)c(OC)c1. The fourth-order valence-electron chi connectivity index (χ4n) is 2.50. The van der Waals surface area contributed by atoms with E-state index in [-0.39, 0.29) is 11.7 Å². The number of anilines is 1. The van der Waals surface area contributed by atoms with Crippen molar-refractivity contribution in [3.05, 3.63) is 58.9 Å². The second-order valence-electron chi connectivity index (χ2n) is 5.59. The van der Waals surface area contributed by atoms with Crippen LogP contribution in [0.25, 0.3) is 0 Å². The third-order valence-electron chi connectivity index (χ3n) is 3.94. The number of sulfonamides is 1. The highest BCUT2D eigenvalue weighted by atomic mass is 35.5. The number of aromatic nitrogens is 2. The fourth-order valence-corrected chi connectivity index (χ4v) is 4.92. The standard InChI is InChI=1S/C17H14ClF2N3O4S2/c1-26-11-4-3-10(13(7-11)27-2)8-23(17-21-9-22-28-17)29(24,25)14-6-5-12(19)15(18)16(14)20/h3-7,9H,8H2,1-2H3. The Kier molecular flexibility index (Phi) is 6.20. The zero-order valence-corrected chi connectivity index (χ0v) is 17.5. The molecule has 2 aromatic carbocycles. The highest BCUT2D eigenvalue weighted by molar-refractivity contribution is 7.93. The van der Waals surface area contributed by atoms with Crippen LogP contribution < -0.4 is 13.8 Å². The molecule has 0 aliphatic rings. The fraction of sp³-hybridized carbons (Fsp3) is 0.176. The van der Waals surface area contributed by atoms with Gasteiger partial charge < -0.3 is 9.47 Å². The van der Waals surface area contributed by atoms with E-state index in [1.54, 1.807) is 18.2 Å². The first-order valence-corrected chi connectivity index (χ1v) is 10.5. The summed E-state index contributed by atoms with van der Waals surface area (Å²) in [7, 11) is -1.61. The summed E-state index contributed by atoms with van der Waals surface area (Å²) < 4.78 is 69.5. The molecule has 0 saturated heterocycles. The van der Waals surface area contributed by atoms with Gasteiger partial charge in [0, 0.05) is 23.2 Å². The molecule has 0 unspecified atom stereocenters. The minimum absolute atomic E-state index is 0.0114. The van der Waals surface area contributed by atoms with Gasteiger partial charge in [-0.1, -0.05) is 11.6 Å². The van der Waals surface area contributed by atoms with E-state index in [9.17, 15) is 17.2 Å². The van der Waals surface area contributed by atoms with Crippen LogP contribution in [0.5, 0.6) is 11.5 Å². The van der Waals surface area contributed by atoms with Crippen LogP contribution in [0.15, 0.2) is 41.6 Å². The molecule has 3 rings (SSSR count). The van der Waals surface area contributed by atoms with Crippen LogP contribution in [0.3, 0.4) is 0 Å². The molecule has 0 atom stereocenters. The molecule has 1 heterocycles. The Morgan fingerprint density at radius 3 is 2.55 bits per heavy atom. The highest BCUT2D eigenvalue weighted by Crippen LogP contribution is 2.33. The number of rotatable bonds is 7. The van der Waals surface area contributed by atoms with Crippen molar-refractivity contribution in [3.63, 3.8) is 0 Å². The maximum Gasteiger partial charge on any atom is 0.269 e. The van der Waals surface area contributed by atoms with Gasteiger partial charge in [-0.2, -0.15) is 4.37 Å². The predicted octanol–water partition coefficient (Wildman–Crippen LogP) is 3.88. The Hall–Kier alpha value is -2.50. The maximum atomic E-state index is 14.5. The Labute approximate surface area is 174 Å². The number of methoxy groups -OCH3 is 2. The lowest BCUT2D eigenvalue weighted by Gasteiger charge is -2.23. The van der Waals surface area contributed by atoms with Crippen molar-refractivity contribution in [1.82, 2.24) is 9.36 Å². The van der Waals surface area contributed by atoms with Gasteiger partial charge in [0.25, 0.3) is 10.0 Å². The summed E-state index contributed by atoms with van der Waals surface area (Å²) in [5.41, 5.74) is 0.459. The van der Waals surface area contributed by atoms with Crippen molar-refractivity contribution in [3.8, 4) is 11.5 Å². The van der Waals surface area contributed by atoms with Crippen molar-refractivity contribution >= 4 is 38.3 Å². The van der Waals surface area contributed by atoms with E-state index in [1.807, 2.05) is 0 Å². The summed E-state index contributed by atoms with van der Waals surface area (Å²) in [6, 6.07) is 6.40. The van der Waals surface area contributed by atoms with Crippen molar-refractivity contribution in [2.24, 2.45) is 0 Å². The molecule has 0 saturated carbocycles. The topological polar surface area (TPSA) is 81.6 Å². The number of hydrogen-bond acceptors (Lipinski definition) is 7. The van der Waals surface area contributed by atoms with Crippen LogP contribution in [0.4, 0.5) is 13.9 Å². The third-order valence-corrected chi connectivity index (χ3v) is 6.84. The first-order valence-electron chi connectivity index (χ1n) is 7.93. The number of halogens is 3. The van der Waals surface area contributed by atoms with Crippen molar-refractivity contribution < 1.29 is 26.7 Å². The summed E-state index contributed by atoms with van der Waals surface area (Å²) >= 11 is 6.36. The van der Waals surface area contributed by atoms with E-state index >= 15 is 0 Å². The van der Waals surface area contributed by atoms with Crippen LogP contribution in [0.2, 0.25) is 5.02 Å². The summed E-state index contributed by atoms with van der Waals surface area (Å²) in [5.74, 6) is -1.59. The van der Waals surface area contributed by atoms with E-state index in [0.29, 0.717) is 17.1 Å². The Bertz CT molecular complexity index is 1130. The van der Waals surface area contributed by atoms with Gasteiger partial charge in [0.1, 0.15) is 33.6 Å². The molecule has 1 aromatic heterocycles. The number of nitrogens with zero attached hydrogens (tertiary/aromatic N) is 3. The highest BCUT2D eigenvalue weighted by Gasteiger charge is 2.32. The van der Waals surface area contributed by atoms with E-state index in [4.69, 9.17) is 21.1 Å². The second-order valence-corrected chi connectivity index (χ2v) is 8.55. The average molecular weight is 462 g/mol. The van der Waals surface area contributed by atoms with Gasteiger partial charge >= 0.3 is 0 Å². The van der Waals surface area contributed by atoms with Gasteiger partial charge in [-0.25, -0.2) is 26.5 Å². The summed E-state index contributed by atoms with van der Waals surface area (Å²) in [6.45, 7) is -0.251. The van der Waals surface area contributed by atoms with Gasteiger partial charge in [0.15, 0.2) is 5.82 Å². The third kappa shape index (κ3) is 4.11. The normalized spacial score (nSPS) is 11.3. The molecular weight excluding hydrogens is 448 g/mol. The maximum absolute atomic E-state index is 14.5. The molecule has 3 aromatic rings. The molecule has 0 radical (unpaired) electrons. The van der Waals surface area contributed by atoms with E-state index in [1.165, 1.54) is 20.5 Å². The van der Waals surface area contributed by atoms with E-state index < -0.39 is 31.6 Å². The van der Waals surface area contributed by atoms with Crippen LogP contribution in [0.1, 0.15) is 5.56 Å². The van der Waals surface area contributed by atoms with Crippen LogP contribution >= 0.6 is 23.1 Å². The van der Waals surface area contributed by atoms with Crippen molar-refractivity contribution in [2.75, 3.05) is 18.5 Å². The van der Waals surface area contributed by atoms with Crippen molar-refractivity contribution in [2.45, 2.75) is 11.4 Å². The molecule has 0 aliphatic carbocycles. The number of ether oxygens (including phenoxy) is 2. The van der Waals surface area contributed by atoms with Crippen LogP contribution in [0, 0.1) is 11.6 Å². The first kappa shape index (κ1) is 21.2. The van der Waals surface area contributed by atoms with Gasteiger partial charge in [0.05, 0.1) is 20.8 Å². The molecule has 12 heteroatoms. The molecule has 7 nitrogen and oxygen atoms in total. The van der Waals surface area contributed by atoms with E-state index in [2.05, 4.69) is 9.36 Å². The minimum Gasteiger partial charge on any atom is -0.497 e. The molecule has 0 aliphatic heterocycles. The largest absolute Gasteiger partial charge is 0.497 e. The molecule has 0 fully saturated rings. The predicted molar refractivity (Wildman–Crippen MR) is 104 cm³/mol. The lowest BCUT2D eigenvalue weighted by atomic mass is 10.2. The average Bonchev–Trinajstić information content (AvgIpc) is 3.24. The van der Waals surface area contributed by atoms with Gasteiger partial charge in [-0.3, -0.25) is 0 Å². The first-order chi connectivity index (χ1) is 13.8. The minimum atomic E-state index is -4.50. The molecule has 0 N–H and O–H groups in total. The molecule has 29 heavy (non-hydrogen) atoms. The Morgan fingerprint density at radius 2 is 1.93 bits per heavy atom. The Morgan fingerprint density at radius 1 is 1.17 bits per heavy atom. The summed E-state index contributed by atoms with van der Waals surface area (Å²) in [5, 5.41) is -0.923. The lowest BCUT2D eigenvalue weighted by Crippen LogP contribution is -2.31. The Balaban J connectivity index is 2.12. The van der Waals surface area contributed by atoms with E-state index in [0.717, 1.165) is 28.0 Å². The second kappa shape index (κ2) is 8.47. The van der Waals surface area contributed by atoms with Crippen molar-refractivity contribution in [1.29, 1.82) is 0 Å². The molecule has 0 spiro atoms. The smallest absolute Gasteiger partial charge is 0.269 e. The van der Waals surface area contributed by atoms with Gasteiger partial charge in [-0.15, -0.1) is 0 Å². The zero-order valence-electron chi connectivity index (χ0n) is 15.1. The lowest BCUT2D eigenvalue weighted by molar-refractivity contribution is 0.391. The summed E-state index contributed by atoms with van der Waals surface area (Å²) in [4.78, 5) is 3.14. The van der Waals surface area contributed by atoms with Gasteiger partial charge in [0.2, 0.25) is 5.13 Å². The van der Waals surface area contributed by atoms with Gasteiger partial charge in [-0.05, 0) is 24.3 Å². The number of benzene rings is 2. The van der Waals surface area contributed by atoms with Crippen LogP contribution in [-0.4, -0.2) is 32.0 Å². The summed E-state index contributed by atoms with van der Waals surface area (Å²) in [6.07, 6.45) is 1.17. The number of hydrogen-bond donors (Lipinski definition) is 0.